The van der Waals surface area contributed by atoms with Crippen LogP contribution >= 0.6 is 22.6 Å². The molecule has 2 heterocycles. The highest BCUT2D eigenvalue weighted by atomic mass is 127. The van der Waals surface area contributed by atoms with Crippen molar-refractivity contribution < 1.29 is 4.63 Å². The summed E-state index contributed by atoms with van der Waals surface area (Å²) in [7, 11) is 0. The molecule has 0 saturated heterocycles. The van der Waals surface area contributed by atoms with Crippen molar-refractivity contribution in [2.24, 2.45) is 0 Å². The first-order valence-corrected chi connectivity index (χ1v) is 5.55. The molecule has 0 fully saturated rings. The number of benzene rings is 1. The molecule has 80 valence electrons. The van der Waals surface area contributed by atoms with Crippen LogP contribution in [0.2, 0.25) is 0 Å². The molecular weight excluding hydrogens is 321 g/mol. The van der Waals surface area contributed by atoms with Crippen molar-refractivity contribution >= 4 is 39.3 Å². The van der Waals surface area contributed by atoms with Crippen molar-refractivity contribution in [1.82, 2.24) is 20.1 Å². The third-order valence-electron chi connectivity index (χ3n) is 2.22. The average Bonchev–Trinajstić information content (AvgIpc) is 2.87. The van der Waals surface area contributed by atoms with Gasteiger partial charge in [-0.15, -0.1) is 0 Å². The Morgan fingerprint density at radius 1 is 1.25 bits per heavy atom. The van der Waals surface area contributed by atoms with Crippen LogP contribution < -0.4 is 5.73 Å². The number of rotatable bonds is 1. The lowest BCUT2D eigenvalue weighted by molar-refractivity contribution is 0.315. The molecule has 0 spiro atoms. The van der Waals surface area contributed by atoms with E-state index in [0.717, 1.165) is 9.26 Å². The van der Waals surface area contributed by atoms with E-state index in [9.17, 15) is 0 Å². The molecule has 0 radical (unpaired) electrons. The first-order valence-electron chi connectivity index (χ1n) is 4.47. The summed E-state index contributed by atoms with van der Waals surface area (Å²) in [6, 6.07) is 3.60. The van der Waals surface area contributed by atoms with Crippen LogP contribution in [0.4, 0.5) is 5.69 Å². The zero-order chi connectivity index (χ0) is 11.1. The number of aromatic nitrogens is 4. The van der Waals surface area contributed by atoms with Crippen molar-refractivity contribution in [3.05, 3.63) is 28.1 Å². The monoisotopic (exact) mass is 327 g/mol. The fourth-order valence-corrected chi connectivity index (χ4v) is 1.88. The van der Waals surface area contributed by atoms with E-state index >= 15 is 0 Å². The van der Waals surface area contributed by atoms with E-state index in [1.807, 2.05) is 12.3 Å². The number of halogens is 1. The van der Waals surface area contributed by atoms with Crippen LogP contribution in [0.15, 0.2) is 29.2 Å². The molecule has 0 aliphatic heterocycles. The van der Waals surface area contributed by atoms with Crippen LogP contribution in [-0.2, 0) is 0 Å². The lowest BCUT2D eigenvalue weighted by Gasteiger charge is -2.01. The Labute approximate surface area is 104 Å². The van der Waals surface area contributed by atoms with Crippen molar-refractivity contribution in [3.8, 4) is 5.69 Å². The fraction of sp³-hybridized carbons (Fsp3) is 0. The molecule has 0 amide bonds. The second kappa shape index (κ2) is 3.44. The third-order valence-corrected chi connectivity index (χ3v) is 2.78. The topological polar surface area (TPSA) is 82.8 Å². The SMILES string of the molecule is Nc1ccc(-n2cc(I)cn2)c2nonc12. The summed E-state index contributed by atoms with van der Waals surface area (Å²) in [5.41, 5.74) is 8.27. The highest BCUT2D eigenvalue weighted by molar-refractivity contribution is 14.1. The fourth-order valence-electron chi connectivity index (χ4n) is 1.49. The normalized spacial score (nSPS) is 11.1. The number of hydrogen-bond acceptors (Lipinski definition) is 5. The van der Waals surface area contributed by atoms with Crippen LogP contribution in [0.25, 0.3) is 16.7 Å². The van der Waals surface area contributed by atoms with Crippen molar-refractivity contribution in [1.29, 1.82) is 0 Å². The van der Waals surface area contributed by atoms with Gasteiger partial charge in [-0.05, 0) is 45.0 Å². The molecule has 0 aliphatic rings. The minimum absolute atomic E-state index is 0.543. The van der Waals surface area contributed by atoms with Crippen LogP contribution in [0, 0.1) is 3.57 Å². The summed E-state index contributed by atoms with van der Waals surface area (Å²) in [5.74, 6) is 0. The second-order valence-corrected chi connectivity index (χ2v) is 4.48. The maximum Gasteiger partial charge on any atom is 0.162 e. The molecule has 16 heavy (non-hydrogen) atoms. The van der Waals surface area contributed by atoms with Gasteiger partial charge in [-0.2, -0.15) is 5.10 Å². The zero-order valence-electron chi connectivity index (χ0n) is 7.96. The van der Waals surface area contributed by atoms with Gasteiger partial charge in [0, 0.05) is 6.20 Å². The Hall–Kier alpha value is -1.64. The summed E-state index contributed by atoms with van der Waals surface area (Å²) < 4.78 is 7.45. The summed E-state index contributed by atoms with van der Waals surface area (Å²) in [5, 5.41) is 11.8. The molecule has 3 aromatic rings. The van der Waals surface area contributed by atoms with Gasteiger partial charge in [0.25, 0.3) is 0 Å². The molecule has 0 unspecified atom stereocenters. The third kappa shape index (κ3) is 1.35. The number of nitrogens with two attached hydrogens (primary N) is 1. The summed E-state index contributed by atoms with van der Waals surface area (Å²) in [4.78, 5) is 0. The highest BCUT2D eigenvalue weighted by Crippen LogP contribution is 2.24. The van der Waals surface area contributed by atoms with Gasteiger partial charge >= 0.3 is 0 Å². The Bertz CT molecular complexity index is 659. The molecular formula is C9H6IN5O. The Kier molecular flexibility index (Phi) is 2.06. The molecule has 2 aromatic heterocycles. The standard InChI is InChI=1S/C9H6IN5O/c10-5-3-12-15(4-5)7-2-1-6(11)8-9(7)14-16-13-8/h1-4H,11H2. The maximum absolute atomic E-state index is 5.76. The number of anilines is 1. The largest absolute Gasteiger partial charge is 0.397 e. The molecule has 0 bridgehead atoms. The number of fused-ring (bicyclic) bond motifs is 1. The second-order valence-electron chi connectivity index (χ2n) is 3.24. The van der Waals surface area contributed by atoms with Gasteiger partial charge in [0.15, 0.2) is 11.0 Å². The van der Waals surface area contributed by atoms with Gasteiger partial charge in [-0.25, -0.2) is 9.31 Å². The van der Waals surface area contributed by atoms with Crippen molar-refractivity contribution in [2.75, 3.05) is 5.73 Å². The quantitative estimate of drug-likeness (QED) is 0.542. The highest BCUT2D eigenvalue weighted by Gasteiger charge is 2.11. The first-order chi connectivity index (χ1) is 7.75. The van der Waals surface area contributed by atoms with Gasteiger partial charge in [0.05, 0.1) is 21.1 Å². The van der Waals surface area contributed by atoms with E-state index in [-0.39, 0.29) is 0 Å². The summed E-state index contributed by atoms with van der Waals surface area (Å²) in [6.45, 7) is 0. The van der Waals surface area contributed by atoms with Gasteiger partial charge in [0.1, 0.15) is 0 Å². The van der Waals surface area contributed by atoms with Crippen molar-refractivity contribution in [3.63, 3.8) is 0 Å². The van der Waals surface area contributed by atoms with Gasteiger partial charge < -0.3 is 5.73 Å². The molecule has 0 saturated carbocycles. The van der Waals surface area contributed by atoms with Crippen molar-refractivity contribution in [2.45, 2.75) is 0 Å². The molecule has 0 aliphatic carbocycles. The predicted octanol–water partition coefficient (Wildman–Crippen LogP) is 1.60. The van der Waals surface area contributed by atoms with E-state index < -0.39 is 0 Å². The molecule has 3 rings (SSSR count). The molecule has 1 aromatic carbocycles. The number of hydrogen-bond donors (Lipinski definition) is 1. The smallest absolute Gasteiger partial charge is 0.162 e. The van der Waals surface area contributed by atoms with Gasteiger partial charge in [-0.1, -0.05) is 0 Å². The molecule has 2 N–H and O–H groups in total. The molecule has 6 nitrogen and oxygen atoms in total. The van der Waals surface area contributed by atoms with Crippen LogP contribution in [0.1, 0.15) is 0 Å². The molecule has 7 heteroatoms. The predicted molar refractivity (Wildman–Crippen MR) is 66.1 cm³/mol. The van der Waals surface area contributed by atoms with E-state index in [0.29, 0.717) is 16.7 Å². The Morgan fingerprint density at radius 3 is 2.81 bits per heavy atom. The molecule has 0 atom stereocenters. The first kappa shape index (κ1) is 9.58. The lowest BCUT2D eigenvalue weighted by Crippen LogP contribution is -1.97. The number of nitrogen functional groups attached to an aromatic ring is 1. The maximum atomic E-state index is 5.76. The van der Waals surface area contributed by atoms with E-state index in [1.54, 1.807) is 16.9 Å². The lowest BCUT2D eigenvalue weighted by atomic mass is 10.2. The zero-order valence-corrected chi connectivity index (χ0v) is 10.1. The van der Waals surface area contributed by atoms with E-state index in [2.05, 4.69) is 38.0 Å². The van der Waals surface area contributed by atoms with E-state index in [1.165, 1.54) is 0 Å². The summed E-state index contributed by atoms with van der Waals surface area (Å²) >= 11 is 2.19. The minimum atomic E-state index is 0.543. The van der Waals surface area contributed by atoms with E-state index in [4.69, 9.17) is 10.4 Å². The van der Waals surface area contributed by atoms with Gasteiger partial charge in [0.2, 0.25) is 0 Å². The summed E-state index contributed by atoms with van der Waals surface area (Å²) in [6.07, 6.45) is 3.65. The van der Waals surface area contributed by atoms with Crippen LogP contribution in [-0.4, -0.2) is 20.1 Å². The minimum Gasteiger partial charge on any atom is -0.397 e. The number of nitrogens with zero attached hydrogens (tertiary/aromatic N) is 4. The Balaban J connectivity index is 2.32. The van der Waals surface area contributed by atoms with Crippen LogP contribution in [0.3, 0.4) is 0 Å². The van der Waals surface area contributed by atoms with Crippen LogP contribution in [0.5, 0.6) is 0 Å². The van der Waals surface area contributed by atoms with Gasteiger partial charge in [-0.3, -0.25) is 0 Å². The average molecular weight is 327 g/mol. The Morgan fingerprint density at radius 2 is 2.06 bits per heavy atom.